The molecule has 3 nitrogen and oxygen atoms in total. The fourth-order valence-corrected chi connectivity index (χ4v) is 2.31. The number of carbonyl (C=O) groups is 1. The second kappa shape index (κ2) is 4.03. The number of rotatable bonds is 3. The van der Waals surface area contributed by atoms with Crippen LogP contribution in [0, 0.1) is 0 Å². The van der Waals surface area contributed by atoms with Crippen LogP contribution in [0.2, 0.25) is 0 Å². The van der Waals surface area contributed by atoms with Crippen molar-refractivity contribution >= 4 is 12.9 Å². The lowest BCUT2D eigenvalue weighted by atomic mass is 10.8. The van der Waals surface area contributed by atoms with Crippen LogP contribution in [0.25, 0.3) is 0 Å². The van der Waals surface area contributed by atoms with E-state index in [9.17, 15) is 35.7 Å². The van der Waals surface area contributed by atoms with Gasteiger partial charge < -0.3 is 9.67 Å². The molecule has 0 radical (unpaired) electrons. The second-order valence-corrected chi connectivity index (χ2v) is 5.51. The van der Waals surface area contributed by atoms with Gasteiger partial charge in [-0.15, -0.1) is 0 Å². The highest BCUT2D eigenvalue weighted by Gasteiger charge is 2.50. The van der Waals surface area contributed by atoms with Crippen LogP contribution in [-0.2, 0) is 4.57 Å². The predicted molar refractivity (Wildman–Crippen MR) is 37.5 cm³/mol. The summed E-state index contributed by atoms with van der Waals surface area (Å²) in [4.78, 5) is 10.1. The van der Waals surface area contributed by atoms with Gasteiger partial charge in [-0.25, -0.2) is 4.79 Å². The zero-order valence-electron chi connectivity index (χ0n) is 6.89. The van der Waals surface area contributed by atoms with E-state index in [2.05, 4.69) is 0 Å². The molecule has 0 spiro atoms. The number of halogens is 6. The minimum absolute atomic E-state index is 2.45. The molecule has 0 rings (SSSR count). The Balaban J connectivity index is 4.94. The van der Waals surface area contributed by atoms with E-state index in [0.29, 0.717) is 0 Å². The molecule has 0 aliphatic carbocycles. The minimum atomic E-state index is -5.37. The lowest BCUT2D eigenvalue weighted by Gasteiger charge is -2.16. The van der Waals surface area contributed by atoms with Crippen molar-refractivity contribution in [2.75, 3.05) is 12.3 Å². The SMILES string of the molecule is O=C(O)P(=O)(CC(F)(F)F)CC(F)(F)F. The predicted octanol–water partition coefficient (Wildman–Crippen LogP) is 3.15. The first kappa shape index (κ1) is 14.3. The molecule has 0 saturated carbocycles. The van der Waals surface area contributed by atoms with E-state index in [1.807, 2.05) is 0 Å². The van der Waals surface area contributed by atoms with Crippen molar-refractivity contribution < 1.29 is 40.8 Å². The van der Waals surface area contributed by atoms with E-state index < -0.39 is 37.5 Å². The molecule has 90 valence electrons. The fourth-order valence-electron chi connectivity index (χ4n) is 0.770. The molecule has 10 heteroatoms. The summed E-state index contributed by atoms with van der Waals surface area (Å²) in [5.74, 6) is 0. The molecule has 0 fully saturated rings. The summed E-state index contributed by atoms with van der Waals surface area (Å²) < 4.78 is 81.0. The molecule has 0 amide bonds. The Hall–Kier alpha value is -0.720. The molecular weight excluding hydrogens is 253 g/mol. The maximum absolute atomic E-state index is 11.7. The van der Waals surface area contributed by atoms with Crippen LogP contribution in [0.3, 0.4) is 0 Å². The van der Waals surface area contributed by atoms with Gasteiger partial charge in [0.15, 0.2) is 0 Å². The van der Waals surface area contributed by atoms with Crippen molar-refractivity contribution in [3.05, 3.63) is 0 Å². The van der Waals surface area contributed by atoms with Crippen LogP contribution in [0.4, 0.5) is 31.1 Å². The third-order valence-corrected chi connectivity index (χ3v) is 3.65. The van der Waals surface area contributed by atoms with Crippen LogP contribution in [0.15, 0.2) is 0 Å². The number of hydrogen-bond donors (Lipinski definition) is 1. The third kappa shape index (κ3) is 5.66. The van der Waals surface area contributed by atoms with Crippen LogP contribution in [-0.4, -0.2) is 35.5 Å². The Morgan fingerprint density at radius 3 is 1.40 bits per heavy atom. The van der Waals surface area contributed by atoms with Gasteiger partial charge in [0.25, 0.3) is 0 Å². The van der Waals surface area contributed by atoms with Crippen molar-refractivity contribution in [1.82, 2.24) is 0 Å². The average Bonchev–Trinajstić information content (AvgIpc) is 1.75. The number of hydrogen-bond acceptors (Lipinski definition) is 2. The van der Waals surface area contributed by atoms with Gasteiger partial charge in [-0.2, -0.15) is 26.3 Å². The fraction of sp³-hybridized carbons (Fsp3) is 0.800. The van der Waals surface area contributed by atoms with E-state index in [0.717, 1.165) is 0 Å². The van der Waals surface area contributed by atoms with Crippen molar-refractivity contribution in [2.45, 2.75) is 12.4 Å². The van der Waals surface area contributed by atoms with E-state index in [1.165, 1.54) is 0 Å². The molecule has 0 aliphatic heterocycles. The van der Waals surface area contributed by atoms with Crippen LogP contribution in [0.5, 0.6) is 0 Å². The van der Waals surface area contributed by atoms with Gasteiger partial charge in [-0.1, -0.05) is 0 Å². The molecule has 0 aromatic heterocycles. The van der Waals surface area contributed by atoms with Gasteiger partial charge in [-0.05, 0) is 0 Å². The Morgan fingerprint density at radius 2 is 1.27 bits per heavy atom. The van der Waals surface area contributed by atoms with Crippen molar-refractivity contribution in [3.8, 4) is 0 Å². The van der Waals surface area contributed by atoms with Crippen molar-refractivity contribution in [2.24, 2.45) is 0 Å². The number of alkyl halides is 6. The zero-order valence-corrected chi connectivity index (χ0v) is 7.79. The summed E-state index contributed by atoms with van der Waals surface area (Å²) >= 11 is 0. The normalized spacial score (nSPS) is 14.0. The first-order valence-corrected chi connectivity index (χ1v) is 5.38. The maximum atomic E-state index is 11.7. The molecule has 0 heterocycles. The molecule has 0 aliphatic rings. The Kier molecular flexibility index (Phi) is 3.84. The van der Waals surface area contributed by atoms with Gasteiger partial charge in [-0.3, -0.25) is 0 Å². The summed E-state index contributed by atoms with van der Waals surface area (Å²) in [7, 11) is -5.37. The average molecular weight is 258 g/mol. The standard InChI is InChI=1S/C5H5F6O3P/c6-4(7,8)1-15(14,3(12)13)2-5(9,10)11/h1-2H2,(H,12,13). The lowest BCUT2D eigenvalue weighted by Crippen LogP contribution is -2.25. The summed E-state index contributed by atoms with van der Waals surface area (Å²) in [6.07, 6.45) is -15.3. The van der Waals surface area contributed by atoms with E-state index >= 15 is 0 Å². The summed E-state index contributed by atoms with van der Waals surface area (Å²) in [6, 6.07) is 0. The molecule has 0 aromatic carbocycles. The van der Waals surface area contributed by atoms with E-state index in [-0.39, 0.29) is 0 Å². The monoisotopic (exact) mass is 258 g/mol. The van der Waals surface area contributed by atoms with Crippen LogP contribution < -0.4 is 0 Å². The molecule has 0 bridgehead atoms. The van der Waals surface area contributed by atoms with Crippen LogP contribution >= 0.6 is 7.14 Å². The first-order chi connectivity index (χ1) is 6.36. The van der Waals surface area contributed by atoms with Crippen molar-refractivity contribution in [1.29, 1.82) is 0 Å². The van der Waals surface area contributed by atoms with Gasteiger partial charge in [0, 0.05) is 0 Å². The largest absolute Gasteiger partial charge is 0.476 e. The molecule has 0 saturated heterocycles. The first-order valence-electron chi connectivity index (χ1n) is 3.31. The molecule has 0 unspecified atom stereocenters. The lowest BCUT2D eigenvalue weighted by molar-refractivity contribution is -0.112. The highest BCUT2D eigenvalue weighted by Crippen LogP contribution is 2.53. The van der Waals surface area contributed by atoms with Gasteiger partial charge in [0.1, 0.15) is 12.3 Å². The van der Waals surface area contributed by atoms with Gasteiger partial charge in [0.05, 0.1) is 0 Å². The molecule has 15 heavy (non-hydrogen) atoms. The van der Waals surface area contributed by atoms with Gasteiger partial charge >= 0.3 is 18.1 Å². The number of carboxylic acid groups (broad SMARTS) is 1. The molecular formula is C5H5F6O3P. The second-order valence-electron chi connectivity index (χ2n) is 2.72. The van der Waals surface area contributed by atoms with E-state index in [1.54, 1.807) is 0 Å². The molecule has 0 aromatic rings. The Bertz CT molecular complexity index is 272. The smallest absolute Gasteiger partial charge is 0.396 e. The molecule has 1 N–H and O–H groups in total. The molecule has 0 atom stereocenters. The Labute approximate surface area is 79.4 Å². The zero-order chi connectivity index (χ0) is 12.5. The quantitative estimate of drug-likeness (QED) is 0.624. The van der Waals surface area contributed by atoms with Crippen molar-refractivity contribution in [3.63, 3.8) is 0 Å². The van der Waals surface area contributed by atoms with Crippen LogP contribution in [0.1, 0.15) is 0 Å². The summed E-state index contributed by atoms with van der Waals surface area (Å²) in [6.45, 7) is 0. The maximum Gasteiger partial charge on any atom is 0.396 e. The Morgan fingerprint density at radius 1 is 1.00 bits per heavy atom. The highest BCUT2D eigenvalue weighted by atomic mass is 31.2. The third-order valence-electron chi connectivity index (χ3n) is 1.22. The van der Waals surface area contributed by atoms with Gasteiger partial charge in [0.2, 0.25) is 7.14 Å². The summed E-state index contributed by atoms with van der Waals surface area (Å²) in [5.41, 5.74) is -2.56. The highest BCUT2D eigenvalue weighted by molar-refractivity contribution is 7.79. The van der Waals surface area contributed by atoms with E-state index in [4.69, 9.17) is 5.11 Å². The minimum Gasteiger partial charge on any atom is -0.476 e. The summed E-state index contributed by atoms with van der Waals surface area (Å²) in [5, 5.41) is 8.10. The topological polar surface area (TPSA) is 54.4 Å².